The molecule has 8 nitrogen and oxygen atoms in total. The van der Waals surface area contributed by atoms with Gasteiger partial charge in [0.25, 0.3) is 5.91 Å². The lowest BCUT2D eigenvalue weighted by molar-refractivity contribution is -0.116. The van der Waals surface area contributed by atoms with Gasteiger partial charge in [0.2, 0.25) is 5.91 Å². The van der Waals surface area contributed by atoms with Crippen molar-refractivity contribution >= 4 is 39.1 Å². The molecule has 0 aliphatic heterocycles. The molecule has 3 aromatic rings. The Morgan fingerprint density at radius 1 is 1.11 bits per heavy atom. The molecule has 0 saturated heterocycles. The Morgan fingerprint density at radius 2 is 1.82 bits per heavy atom. The Hall–Kier alpha value is -2.94. The number of aromatic nitrogens is 4. The molecular weight excluding hydrogens is 424 g/mol. The van der Waals surface area contributed by atoms with Gasteiger partial charge in [0.05, 0.1) is 16.7 Å². The standard InChI is InChI=1S/C19H21BrN6O2/c1-12-18(20)13(2)26(23-12)10-8-17(27)21-14-5-4-6-15(11-14)22-19(28)16-7-9-25(3)24-16/h4-7,9,11H,8,10H2,1-3H3,(H,21,27)(H,22,28). The Kier molecular flexibility index (Phi) is 5.93. The van der Waals surface area contributed by atoms with E-state index in [-0.39, 0.29) is 11.8 Å². The first kappa shape index (κ1) is 19.8. The van der Waals surface area contributed by atoms with Gasteiger partial charge in [-0.3, -0.25) is 19.0 Å². The van der Waals surface area contributed by atoms with Crippen LogP contribution in [0.5, 0.6) is 0 Å². The van der Waals surface area contributed by atoms with Crippen molar-refractivity contribution in [2.24, 2.45) is 7.05 Å². The van der Waals surface area contributed by atoms with Gasteiger partial charge in [0.15, 0.2) is 5.69 Å². The molecule has 2 N–H and O–H groups in total. The number of halogens is 1. The zero-order valence-corrected chi connectivity index (χ0v) is 17.4. The van der Waals surface area contributed by atoms with Gasteiger partial charge >= 0.3 is 0 Å². The first-order valence-corrected chi connectivity index (χ1v) is 9.53. The summed E-state index contributed by atoms with van der Waals surface area (Å²) in [6.07, 6.45) is 1.99. The number of rotatable bonds is 6. The van der Waals surface area contributed by atoms with E-state index in [4.69, 9.17) is 0 Å². The maximum Gasteiger partial charge on any atom is 0.276 e. The molecule has 1 aromatic carbocycles. The van der Waals surface area contributed by atoms with E-state index < -0.39 is 0 Å². The van der Waals surface area contributed by atoms with E-state index in [0.717, 1.165) is 15.9 Å². The number of hydrogen-bond acceptors (Lipinski definition) is 4. The number of amides is 2. The molecule has 0 aliphatic carbocycles. The summed E-state index contributed by atoms with van der Waals surface area (Å²) in [5, 5.41) is 14.1. The molecule has 28 heavy (non-hydrogen) atoms. The molecule has 2 heterocycles. The van der Waals surface area contributed by atoms with Crippen molar-refractivity contribution in [3.05, 3.63) is 58.1 Å². The molecule has 0 fully saturated rings. The molecular formula is C19H21BrN6O2. The molecule has 0 spiro atoms. The Labute approximate surface area is 171 Å². The van der Waals surface area contributed by atoms with E-state index in [9.17, 15) is 9.59 Å². The fourth-order valence-corrected chi connectivity index (χ4v) is 3.01. The smallest absolute Gasteiger partial charge is 0.276 e. The Morgan fingerprint density at radius 3 is 2.43 bits per heavy atom. The summed E-state index contributed by atoms with van der Waals surface area (Å²) in [6, 6.07) is 8.64. The van der Waals surface area contributed by atoms with Crippen molar-refractivity contribution in [3.63, 3.8) is 0 Å². The Balaban J connectivity index is 1.58. The van der Waals surface area contributed by atoms with Crippen molar-refractivity contribution in [3.8, 4) is 0 Å². The average molecular weight is 445 g/mol. The van der Waals surface area contributed by atoms with Gasteiger partial charge < -0.3 is 10.6 Å². The molecule has 0 unspecified atom stereocenters. The van der Waals surface area contributed by atoms with Crippen LogP contribution in [0.1, 0.15) is 28.3 Å². The summed E-state index contributed by atoms with van der Waals surface area (Å²) in [7, 11) is 1.75. The number of benzene rings is 1. The number of hydrogen-bond donors (Lipinski definition) is 2. The Bertz CT molecular complexity index is 1020. The van der Waals surface area contributed by atoms with Crippen LogP contribution < -0.4 is 10.6 Å². The van der Waals surface area contributed by atoms with Crippen molar-refractivity contribution in [1.82, 2.24) is 19.6 Å². The molecule has 2 aromatic heterocycles. The molecule has 0 radical (unpaired) electrons. The predicted molar refractivity (Wildman–Crippen MR) is 110 cm³/mol. The molecule has 9 heteroatoms. The van der Waals surface area contributed by atoms with E-state index >= 15 is 0 Å². The summed E-state index contributed by atoms with van der Waals surface area (Å²) in [5.74, 6) is -0.434. The third-order valence-electron chi connectivity index (χ3n) is 4.19. The summed E-state index contributed by atoms with van der Waals surface area (Å²) in [6.45, 7) is 4.36. The van der Waals surface area contributed by atoms with E-state index in [1.807, 2.05) is 18.5 Å². The van der Waals surface area contributed by atoms with Crippen molar-refractivity contribution in [1.29, 1.82) is 0 Å². The van der Waals surface area contributed by atoms with Crippen LogP contribution in [0.15, 0.2) is 41.0 Å². The maximum absolute atomic E-state index is 12.3. The van der Waals surface area contributed by atoms with Crippen LogP contribution in [0.4, 0.5) is 11.4 Å². The first-order valence-electron chi connectivity index (χ1n) is 8.74. The summed E-state index contributed by atoms with van der Waals surface area (Å²) in [4.78, 5) is 24.5. The highest BCUT2D eigenvalue weighted by Gasteiger charge is 2.12. The van der Waals surface area contributed by atoms with Crippen LogP contribution in [-0.2, 0) is 18.4 Å². The van der Waals surface area contributed by atoms with E-state index in [0.29, 0.717) is 30.0 Å². The highest BCUT2D eigenvalue weighted by Crippen LogP contribution is 2.20. The lowest BCUT2D eigenvalue weighted by Crippen LogP contribution is -2.16. The van der Waals surface area contributed by atoms with Gasteiger partial charge in [-0.25, -0.2) is 0 Å². The second-order valence-electron chi connectivity index (χ2n) is 6.42. The quantitative estimate of drug-likeness (QED) is 0.609. The largest absolute Gasteiger partial charge is 0.326 e. The summed E-state index contributed by atoms with van der Waals surface area (Å²) in [5.41, 5.74) is 3.40. The number of anilines is 2. The van der Waals surface area contributed by atoms with E-state index in [1.54, 1.807) is 48.3 Å². The second-order valence-corrected chi connectivity index (χ2v) is 7.21. The second kappa shape index (κ2) is 8.39. The average Bonchev–Trinajstić information content (AvgIpc) is 3.19. The zero-order chi connectivity index (χ0) is 20.3. The topological polar surface area (TPSA) is 93.8 Å². The van der Waals surface area contributed by atoms with E-state index in [2.05, 4.69) is 36.8 Å². The zero-order valence-electron chi connectivity index (χ0n) is 15.9. The number of aryl methyl sites for hydroxylation is 3. The van der Waals surface area contributed by atoms with Gasteiger partial charge in [-0.15, -0.1) is 0 Å². The van der Waals surface area contributed by atoms with Crippen molar-refractivity contribution in [2.75, 3.05) is 10.6 Å². The fraction of sp³-hybridized carbons (Fsp3) is 0.263. The number of carbonyl (C=O) groups is 2. The van der Waals surface area contributed by atoms with Crippen LogP contribution in [0.25, 0.3) is 0 Å². The van der Waals surface area contributed by atoms with Gasteiger partial charge in [-0.2, -0.15) is 10.2 Å². The number of carbonyl (C=O) groups excluding carboxylic acids is 2. The van der Waals surface area contributed by atoms with Gasteiger partial charge in [0.1, 0.15) is 0 Å². The maximum atomic E-state index is 12.3. The third kappa shape index (κ3) is 4.66. The van der Waals surface area contributed by atoms with E-state index in [1.165, 1.54) is 0 Å². The molecule has 0 bridgehead atoms. The summed E-state index contributed by atoms with van der Waals surface area (Å²) >= 11 is 3.48. The molecule has 2 amide bonds. The number of nitrogens with zero attached hydrogens (tertiary/aromatic N) is 4. The van der Waals surface area contributed by atoms with Crippen molar-refractivity contribution in [2.45, 2.75) is 26.8 Å². The van der Waals surface area contributed by atoms with Gasteiger partial charge in [-0.1, -0.05) is 6.07 Å². The minimum absolute atomic E-state index is 0.128. The lowest BCUT2D eigenvalue weighted by atomic mass is 10.2. The molecule has 0 atom stereocenters. The van der Waals surface area contributed by atoms with Crippen LogP contribution in [0.2, 0.25) is 0 Å². The third-order valence-corrected chi connectivity index (χ3v) is 5.34. The monoisotopic (exact) mass is 444 g/mol. The highest BCUT2D eigenvalue weighted by molar-refractivity contribution is 9.10. The minimum atomic E-state index is -0.306. The first-order chi connectivity index (χ1) is 13.3. The fourth-order valence-electron chi connectivity index (χ4n) is 2.73. The molecule has 146 valence electrons. The van der Waals surface area contributed by atoms with Crippen LogP contribution in [0, 0.1) is 13.8 Å². The van der Waals surface area contributed by atoms with Gasteiger partial charge in [0, 0.05) is 36.7 Å². The minimum Gasteiger partial charge on any atom is -0.326 e. The molecule has 3 rings (SSSR count). The van der Waals surface area contributed by atoms with Crippen LogP contribution in [-0.4, -0.2) is 31.4 Å². The SMILES string of the molecule is Cc1nn(CCC(=O)Nc2cccc(NC(=O)c3ccn(C)n3)c2)c(C)c1Br. The lowest BCUT2D eigenvalue weighted by Gasteiger charge is -2.09. The molecule has 0 saturated carbocycles. The van der Waals surface area contributed by atoms with Crippen LogP contribution >= 0.6 is 15.9 Å². The normalized spacial score (nSPS) is 10.7. The highest BCUT2D eigenvalue weighted by atomic mass is 79.9. The summed E-state index contributed by atoms with van der Waals surface area (Å²) < 4.78 is 4.33. The van der Waals surface area contributed by atoms with Crippen molar-refractivity contribution < 1.29 is 9.59 Å². The number of nitrogens with one attached hydrogen (secondary N) is 2. The predicted octanol–water partition coefficient (Wildman–Crippen LogP) is 3.28. The molecule has 0 aliphatic rings. The van der Waals surface area contributed by atoms with Gasteiger partial charge in [-0.05, 0) is 54.0 Å². The van der Waals surface area contributed by atoms with Crippen LogP contribution in [0.3, 0.4) is 0 Å².